The second kappa shape index (κ2) is 10.6. The van der Waals surface area contributed by atoms with Gasteiger partial charge in [-0.15, -0.1) is 0 Å². The van der Waals surface area contributed by atoms with Crippen molar-refractivity contribution in [2.75, 3.05) is 13.2 Å². The average molecular weight is 504 g/mol. The van der Waals surface area contributed by atoms with Crippen molar-refractivity contribution in [3.63, 3.8) is 0 Å². The van der Waals surface area contributed by atoms with Gasteiger partial charge in [0.25, 0.3) is 5.91 Å². The zero-order valence-corrected chi connectivity index (χ0v) is 19.7. The molecule has 3 aromatic rings. The van der Waals surface area contributed by atoms with E-state index in [4.69, 9.17) is 16.3 Å². The number of hydrogen-bond donors (Lipinski definition) is 1. The molecular weight excluding hydrogens is 480 g/mol. The number of rotatable bonds is 8. The van der Waals surface area contributed by atoms with Gasteiger partial charge in [0.15, 0.2) is 6.61 Å². The van der Waals surface area contributed by atoms with Crippen molar-refractivity contribution in [1.29, 1.82) is 0 Å². The second-order valence-electron chi connectivity index (χ2n) is 7.11. The summed E-state index contributed by atoms with van der Waals surface area (Å²) in [7, 11) is 0. The third-order valence-electron chi connectivity index (χ3n) is 4.96. The molecule has 1 N–H and O–H groups in total. The first-order valence-electron chi connectivity index (χ1n) is 10.0. The lowest BCUT2D eigenvalue weighted by atomic mass is 10.1. The number of hydrogen-bond acceptors (Lipinski definition) is 3. The Hall–Kier alpha value is -2.57. The lowest BCUT2D eigenvalue weighted by molar-refractivity contribution is -0.142. The quantitative estimate of drug-likeness (QED) is 0.460. The van der Waals surface area contributed by atoms with E-state index in [-0.39, 0.29) is 25.0 Å². The van der Waals surface area contributed by atoms with Gasteiger partial charge in [0, 0.05) is 18.1 Å². The van der Waals surface area contributed by atoms with Crippen LogP contribution in [0.25, 0.3) is 10.8 Å². The third-order valence-corrected chi connectivity index (χ3v) is 6.03. The van der Waals surface area contributed by atoms with E-state index >= 15 is 0 Å². The Morgan fingerprint density at radius 1 is 1.10 bits per heavy atom. The smallest absolute Gasteiger partial charge is 0.261 e. The van der Waals surface area contributed by atoms with Crippen LogP contribution in [0.1, 0.15) is 19.4 Å². The number of ether oxygens (including phenoxy) is 1. The molecule has 5 nitrogen and oxygen atoms in total. The lowest BCUT2D eigenvalue weighted by Crippen LogP contribution is -2.49. The molecule has 0 aliphatic rings. The van der Waals surface area contributed by atoms with Gasteiger partial charge in [0.05, 0.1) is 4.47 Å². The number of amides is 2. The fourth-order valence-corrected chi connectivity index (χ4v) is 3.97. The van der Waals surface area contributed by atoms with Crippen molar-refractivity contribution in [2.45, 2.75) is 26.4 Å². The van der Waals surface area contributed by atoms with E-state index < -0.39 is 6.04 Å². The van der Waals surface area contributed by atoms with Gasteiger partial charge >= 0.3 is 0 Å². The molecule has 0 aliphatic heterocycles. The highest BCUT2D eigenvalue weighted by Crippen LogP contribution is 2.33. The number of benzene rings is 3. The number of fused-ring (bicyclic) bond motifs is 1. The molecule has 1 atom stereocenters. The molecule has 0 unspecified atom stereocenters. The zero-order valence-electron chi connectivity index (χ0n) is 17.4. The summed E-state index contributed by atoms with van der Waals surface area (Å²) in [5.74, 6) is 0.0783. The summed E-state index contributed by atoms with van der Waals surface area (Å²) in [5.41, 5.74) is 0.876. The van der Waals surface area contributed by atoms with Crippen LogP contribution in [-0.4, -0.2) is 35.9 Å². The molecule has 7 heteroatoms. The van der Waals surface area contributed by atoms with Crippen LogP contribution in [0.15, 0.2) is 65.1 Å². The molecule has 31 heavy (non-hydrogen) atoms. The Balaban J connectivity index is 1.78. The van der Waals surface area contributed by atoms with E-state index in [0.717, 1.165) is 20.8 Å². The van der Waals surface area contributed by atoms with Crippen LogP contribution in [0.4, 0.5) is 0 Å². The molecule has 2 amide bonds. The predicted octanol–water partition coefficient (Wildman–Crippen LogP) is 5.19. The van der Waals surface area contributed by atoms with E-state index in [2.05, 4.69) is 21.2 Å². The molecule has 0 aliphatic carbocycles. The van der Waals surface area contributed by atoms with E-state index in [0.29, 0.717) is 17.3 Å². The van der Waals surface area contributed by atoms with E-state index in [9.17, 15) is 9.59 Å². The summed E-state index contributed by atoms with van der Waals surface area (Å²) in [5, 5.41) is 5.46. The number of nitrogens with zero attached hydrogens (tertiary/aromatic N) is 1. The topological polar surface area (TPSA) is 58.6 Å². The highest BCUT2D eigenvalue weighted by Gasteiger charge is 2.26. The fourth-order valence-electron chi connectivity index (χ4n) is 3.24. The van der Waals surface area contributed by atoms with Crippen LogP contribution in [0.5, 0.6) is 5.75 Å². The maximum Gasteiger partial charge on any atom is 0.261 e. The van der Waals surface area contributed by atoms with Gasteiger partial charge < -0.3 is 15.0 Å². The van der Waals surface area contributed by atoms with E-state index in [1.165, 1.54) is 4.90 Å². The highest BCUT2D eigenvalue weighted by atomic mass is 79.9. The molecule has 0 saturated heterocycles. The van der Waals surface area contributed by atoms with Crippen molar-refractivity contribution < 1.29 is 14.3 Å². The molecule has 162 valence electrons. The van der Waals surface area contributed by atoms with Crippen LogP contribution in [0, 0.1) is 0 Å². The van der Waals surface area contributed by atoms with Gasteiger partial charge in [-0.1, -0.05) is 54.1 Å². The maximum absolute atomic E-state index is 13.1. The second-order valence-corrected chi connectivity index (χ2v) is 8.34. The Kier molecular flexibility index (Phi) is 7.93. The highest BCUT2D eigenvalue weighted by molar-refractivity contribution is 9.10. The van der Waals surface area contributed by atoms with Crippen molar-refractivity contribution in [3.8, 4) is 5.75 Å². The Morgan fingerprint density at radius 3 is 2.52 bits per heavy atom. The molecule has 0 spiro atoms. The van der Waals surface area contributed by atoms with E-state index in [1.807, 2.05) is 55.5 Å². The Morgan fingerprint density at radius 2 is 1.81 bits per heavy atom. The van der Waals surface area contributed by atoms with E-state index in [1.54, 1.807) is 19.1 Å². The first kappa shape index (κ1) is 23.1. The SMILES string of the molecule is CCNC(=O)[C@@H](C)N(Cc1ccc(Cl)cc1)C(=O)COc1ccc2ccccc2c1Br. The molecular formula is C24H24BrClN2O3. The lowest BCUT2D eigenvalue weighted by Gasteiger charge is -2.28. The molecule has 0 radical (unpaired) electrons. The first-order chi connectivity index (χ1) is 14.9. The van der Waals surface area contributed by atoms with Crippen molar-refractivity contribution in [1.82, 2.24) is 10.2 Å². The van der Waals surface area contributed by atoms with Crippen molar-refractivity contribution in [3.05, 3.63) is 75.7 Å². The standard InChI is InChI=1S/C24H24BrClN2O3/c1-3-27-24(30)16(2)28(14-17-8-11-19(26)12-9-17)22(29)15-31-21-13-10-18-6-4-5-7-20(18)23(21)25/h4-13,16H,3,14-15H2,1-2H3,(H,27,30)/t16-/m1/s1. The monoisotopic (exact) mass is 502 g/mol. The van der Waals surface area contributed by atoms with Gasteiger partial charge in [-0.2, -0.15) is 0 Å². The fraction of sp³-hybridized carbons (Fsp3) is 0.250. The summed E-state index contributed by atoms with van der Waals surface area (Å²) in [4.78, 5) is 27.0. The molecule has 0 saturated carbocycles. The minimum absolute atomic E-state index is 0.186. The van der Waals surface area contributed by atoms with Gasteiger partial charge in [-0.05, 0) is 64.3 Å². The summed E-state index contributed by atoms with van der Waals surface area (Å²) in [6.45, 7) is 4.14. The summed E-state index contributed by atoms with van der Waals surface area (Å²) in [6.07, 6.45) is 0. The normalized spacial score (nSPS) is 11.7. The molecule has 3 aromatic carbocycles. The molecule has 0 bridgehead atoms. The average Bonchev–Trinajstić information content (AvgIpc) is 2.78. The minimum Gasteiger partial charge on any atom is -0.483 e. The van der Waals surface area contributed by atoms with Gasteiger partial charge in [-0.3, -0.25) is 9.59 Å². The third kappa shape index (κ3) is 5.77. The minimum atomic E-state index is -0.647. The molecule has 0 aromatic heterocycles. The number of halogens is 2. The van der Waals surface area contributed by atoms with Gasteiger partial charge in [0.1, 0.15) is 11.8 Å². The summed E-state index contributed by atoms with van der Waals surface area (Å²) < 4.78 is 6.63. The number of carbonyl (C=O) groups excluding carboxylic acids is 2. The molecule has 3 rings (SSSR count). The number of nitrogens with one attached hydrogen (secondary N) is 1. The predicted molar refractivity (Wildman–Crippen MR) is 127 cm³/mol. The maximum atomic E-state index is 13.1. The van der Waals surface area contributed by atoms with Crippen LogP contribution >= 0.6 is 27.5 Å². The van der Waals surface area contributed by atoms with Gasteiger partial charge in [0.2, 0.25) is 5.91 Å². The largest absolute Gasteiger partial charge is 0.483 e. The molecule has 0 fully saturated rings. The molecule has 0 heterocycles. The van der Waals surface area contributed by atoms with Crippen molar-refractivity contribution >= 4 is 50.1 Å². The van der Waals surface area contributed by atoms with Crippen LogP contribution in [-0.2, 0) is 16.1 Å². The van der Waals surface area contributed by atoms with Crippen molar-refractivity contribution in [2.24, 2.45) is 0 Å². The first-order valence-corrected chi connectivity index (χ1v) is 11.2. The van der Waals surface area contributed by atoms with Gasteiger partial charge in [-0.25, -0.2) is 0 Å². The summed E-state index contributed by atoms with van der Waals surface area (Å²) >= 11 is 9.55. The number of carbonyl (C=O) groups is 2. The van der Waals surface area contributed by atoms with Crippen LogP contribution in [0.2, 0.25) is 5.02 Å². The zero-order chi connectivity index (χ0) is 22.4. The van der Waals surface area contributed by atoms with Crippen LogP contribution in [0.3, 0.4) is 0 Å². The Labute approximate surface area is 195 Å². The van der Waals surface area contributed by atoms with Crippen LogP contribution < -0.4 is 10.1 Å². The number of likely N-dealkylation sites (N-methyl/N-ethyl adjacent to an activating group) is 1. The Bertz CT molecular complexity index is 1070. The summed E-state index contributed by atoms with van der Waals surface area (Å²) in [6, 6.07) is 18.3.